The number of hydrogen-bond acceptors (Lipinski definition) is 3. The molecular weight excluding hydrogens is 414 g/mol. The molecule has 0 atom stereocenters. The summed E-state index contributed by atoms with van der Waals surface area (Å²) in [5.74, 6) is -0.861. The Bertz CT molecular complexity index is 1150. The monoisotopic (exact) mass is 445 g/mol. The quantitative estimate of drug-likeness (QED) is 0.429. The molecule has 0 unspecified atom stereocenters. The van der Waals surface area contributed by atoms with Gasteiger partial charge in [0.25, 0.3) is 11.7 Å². The van der Waals surface area contributed by atoms with E-state index in [0.717, 1.165) is 49.9 Å². The van der Waals surface area contributed by atoms with Gasteiger partial charge < -0.3 is 14.8 Å². The van der Waals surface area contributed by atoms with E-state index in [-0.39, 0.29) is 12.5 Å². The zero-order chi connectivity index (χ0) is 23.4. The lowest BCUT2D eigenvalue weighted by Gasteiger charge is -2.20. The first-order valence-corrected chi connectivity index (χ1v) is 11.8. The Morgan fingerprint density at radius 3 is 2.24 bits per heavy atom. The summed E-state index contributed by atoms with van der Waals surface area (Å²) in [6, 6.07) is 14.9. The average molecular weight is 446 g/mol. The maximum absolute atomic E-state index is 13.1. The predicted octanol–water partition coefficient (Wildman–Crippen LogP) is 4.99. The number of ketones is 1. The molecule has 2 aromatic carbocycles. The fraction of sp³-hybridized carbons (Fsp3) is 0.370. The topological polar surface area (TPSA) is 71.4 Å². The third-order valence-electron chi connectivity index (χ3n) is 6.34. The molecular formula is C27H31N3O3. The molecule has 4 rings (SSSR count). The number of rotatable bonds is 6. The first-order valence-electron chi connectivity index (χ1n) is 11.8. The molecule has 0 spiro atoms. The number of benzene rings is 2. The molecule has 0 aliphatic carbocycles. The fourth-order valence-electron chi connectivity index (χ4n) is 4.39. The number of fused-ring (bicyclic) bond motifs is 1. The van der Waals surface area contributed by atoms with E-state index in [1.807, 2.05) is 53.4 Å². The first-order chi connectivity index (χ1) is 15.9. The van der Waals surface area contributed by atoms with Crippen molar-refractivity contribution in [1.82, 2.24) is 9.47 Å². The summed E-state index contributed by atoms with van der Waals surface area (Å²) >= 11 is 0. The minimum atomic E-state index is -0.686. The van der Waals surface area contributed by atoms with Crippen LogP contribution in [0.2, 0.25) is 0 Å². The van der Waals surface area contributed by atoms with E-state index in [2.05, 4.69) is 19.2 Å². The van der Waals surface area contributed by atoms with Gasteiger partial charge in [-0.1, -0.05) is 57.0 Å². The molecule has 6 nitrogen and oxygen atoms in total. The number of nitrogens with one attached hydrogen (secondary N) is 1. The number of Topliss-reactive ketones (excluding diaryl/α,β-unsaturated/α-hetero) is 1. The van der Waals surface area contributed by atoms with Crippen molar-refractivity contribution in [2.45, 2.75) is 52.0 Å². The van der Waals surface area contributed by atoms with Gasteiger partial charge in [0.1, 0.15) is 6.54 Å². The summed E-state index contributed by atoms with van der Waals surface area (Å²) in [5.41, 5.74) is 2.83. The number of anilines is 1. The second kappa shape index (κ2) is 10.0. The Morgan fingerprint density at radius 2 is 1.58 bits per heavy atom. The molecule has 0 bridgehead atoms. The molecule has 0 radical (unpaired) electrons. The molecule has 0 saturated carbocycles. The highest BCUT2D eigenvalue weighted by molar-refractivity contribution is 6.48. The number of carbonyl (C=O) groups excluding carboxylic acids is 3. The lowest BCUT2D eigenvalue weighted by molar-refractivity contribution is -0.131. The highest BCUT2D eigenvalue weighted by Gasteiger charge is 2.23. The van der Waals surface area contributed by atoms with Crippen LogP contribution < -0.4 is 5.32 Å². The van der Waals surface area contributed by atoms with Gasteiger partial charge in [-0.05, 0) is 42.5 Å². The smallest absolute Gasteiger partial charge is 0.296 e. The van der Waals surface area contributed by atoms with Crippen LogP contribution in [0.25, 0.3) is 10.9 Å². The number of aromatic nitrogens is 1. The summed E-state index contributed by atoms with van der Waals surface area (Å²) in [6.07, 6.45) is 6.01. The molecule has 6 heteroatoms. The van der Waals surface area contributed by atoms with E-state index in [0.29, 0.717) is 22.6 Å². The molecule has 1 saturated heterocycles. The molecule has 33 heavy (non-hydrogen) atoms. The predicted molar refractivity (Wildman–Crippen MR) is 130 cm³/mol. The number of carbonyl (C=O) groups is 3. The van der Waals surface area contributed by atoms with Crippen LogP contribution in [0.4, 0.5) is 5.69 Å². The van der Waals surface area contributed by atoms with Gasteiger partial charge in [-0.3, -0.25) is 14.4 Å². The number of hydrogen-bond donors (Lipinski definition) is 1. The first kappa shape index (κ1) is 22.8. The van der Waals surface area contributed by atoms with Gasteiger partial charge in [-0.2, -0.15) is 0 Å². The van der Waals surface area contributed by atoms with E-state index >= 15 is 0 Å². The Balaban J connectivity index is 1.54. The van der Waals surface area contributed by atoms with Crippen molar-refractivity contribution in [3.05, 3.63) is 65.9 Å². The normalized spacial score (nSPS) is 14.3. The minimum Gasteiger partial charge on any atom is -0.341 e. The Hall–Kier alpha value is -3.41. The van der Waals surface area contributed by atoms with Crippen LogP contribution in [0.3, 0.4) is 0 Å². The molecule has 1 aliphatic rings. The molecule has 1 aromatic heterocycles. The molecule has 1 N–H and O–H groups in total. The molecule has 172 valence electrons. The standard InChI is InChI=1S/C27H31N3O3/c1-19(2)20-11-13-21(14-12-20)28-27(33)26(32)23-17-30(24-10-6-5-9-22(23)24)18-25(31)29-15-7-3-4-8-16-29/h5-6,9-14,17,19H,3-4,7-8,15-16,18H2,1-2H3,(H,28,33). The van der Waals surface area contributed by atoms with Crippen LogP contribution >= 0.6 is 0 Å². The highest BCUT2D eigenvalue weighted by Crippen LogP contribution is 2.23. The molecule has 2 amide bonds. The van der Waals surface area contributed by atoms with E-state index in [1.165, 1.54) is 0 Å². The van der Waals surface area contributed by atoms with E-state index in [4.69, 9.17) is 0 Å². The Labute approximate surface area is 194 Å². The number of amides is 2. The molecule has 2 heterocycles. The van der Waals surface area contributed by atoms with Crippen LogP contribution in [0, 0.1) is 0 Å². The van der Waals surface area contributed by atoms with Crippen molar-refractivity contribution in [2.24, 2.45) is 0 Å². The maximum atomic E-state index is 13.1. The zero-order valence-corrected chi connectivity index (χ0v) is 19.3. The third-order valence-corrected chi connectivity index (χ3v) is 6.34. The van der Waals surface area contributed by atoms with Crippen molar-refractivity contribution < 1.29 is 14.4 Å². The van der Waals surface area contributed by atoms with Gasteiger partial charge in [0, 0.05) is 35.9 Å². The van der Waals surface area contributed by atoms with Gasteiger partial charge in [0.05, 0.1) is 5.56 Å². The summed E-state index contributed by atoms with van der Waals surface area (Å²) < 4.78 is 1.79. The largest absolute Gasteiger partial charge is 0.341 e. The lowest BCUT2D eigenvalue weighted by Crippen LogP contribution is -2.34. The number of likely N-dealkylation sites (tertiary alicyclic amines) is 1. The van der Waals surface area contributed by atoms with Gasteiger partial charge in [-0.15, -0.1) is 0 Å². The van der Waals surface area contributed by atoms with Crippen LogP contribution in [0.15, 0.2) is 54.7 Å². The second-order valence-corrected chi connectivity index (χ2v) is 9.04. The van der Waals surface area contributed by atoms with Crippen LogP contribution in [0.1, 0.15) is 61.4 Å². The van der Waals surface area contributed by atoms with Gasteiger partial charge in [0.2, 0.25) is 5.91 Å². The Morgan fingerprint density at radius 1 is 0.909 bits per heavy atom. The SMILES string of the molecule is CC(C)c1ccc(NC(=O)C(=O)c2cn(CC(=O)N3CCCCCC3)c3ccccc23)cc1. The number of nitrogens with zero attached hydrogens (tertiary/aromatic N) is 2. The van der Waals surface area contributed by atoms with Crippen molar-refractivity contribution in [2.75, 3.05) is 18.4 Å². The third kappa shape index (κ3) is 5.16. The van der Waals surface area contributed by atoms with Crippen molar-refractivity contribution in [3.8, 4) is 0 Å². The average Bonchev–Trinajstić information content (AvgIpc) is 2.98. The summed E-state index contributed by atoms with van der Waals surface area (Å²) in [4.78, 5) is 40.7. The van der Waals surface area contributed by atoms with Crippen LogP contribution in [-0.2, 0) is 16.1 Å². The van der Waals surface area contributed by atoms with E-state index in [1.54, 1.807) is 10.8 Å². The van der Waals surface area contributed by atoms with Gasteiger partial charge in [-0.25, -0.2) is 0 Å². The minimum absolute atomic E-state index is 0.0475. The Kier molecular flexibility index (Phi) is 6.92. The number of para-hydroxylation sites is 1. The zero-order valence-electron chi connectivity index (χ0n) is 19.3. The highest BCUT2D eigenvalue weighted by atomic mass is 16.2. The summed E-state index contributed by atoms with van der Waals surface area (Å²) in [5, 5.41) is 3.38. The molecule has 1 aliphatic heterocycles. The van der Waals surface area contributed by atoms with Crippen LogP contribution in [0.5, 0.6) is 0 Å². The maximum Gasteiger partial charge on any atom is 0.296 e. The van der Waals surface area contributed by atoms with Crippen molar-refractivity contribution in [1.29, 1.82) is 0 Å². The molecule has 1 fully saturated rings. The lowest BCUT2D eigenvalue weighted by atomic mass is 10.0. The second-order valence-electron chi connectivity index (χ2n) is 9.04. The van der Waals surface area contributed by atoms with Gasteiger partial charge in [0.15, 0.2) is 0 Å². The van der Waals surface area contributed by atoms with Crippen LogP contribution in [-0.4, -0.2) is 40.2 Å². The molecule has 3 aromatic rings. The van der Waals surface area contributed by atoms with Crippen molar-refractivity contribution in [3.63, 3.8) is 0 Å². The van der Waals surface area contributed by atoms with E-state index in [9.17, 15) is 14.4 Å². The fourth-order valence-corrected chi connectivity index (χ4v) is 4.39. The van der Waals surface area contributed by atoms with Crippen molar-refractivity contribution >= 4 is 34.2 Å². The van der Waals surface area contributed by atoms with E-state index < -0.39 is 11.7 Å². The summed E-state index contributed by atoms with van der Waals surface area (Å²) in [6.45, 7) is 5.92. The summed E-state index contributed by atoms with van der Waals surface area (Å²) in [7, 11) is 0. The van der Waals surface area contributed by atoms with Gasteiger partial charge >= 0.3 is 0 Å².